The Morgan fingerprint density at radius 1 is 1.32 bits per heavy atom. The third-order valence-electron chi connectivity index (χ3n) is 4.42. The van der Waals surface area contributed by atoms with Gasteiger partial charge < -0.3 is 10.6 Å². The van der Waals surface area contributed by atoms with Crippen LogP contribution >= 0.6 is 0 Å². The van der Waals surface area contributed by atoms with Gasteiger partial charge in [0, 0.05) is 19.3 Å². The van der Waals surface area contributed by atoms with Gasteiger partial charge in [0.2, 0.25) is 5.91 Å². The lowest BCUT2D eigenvalue weighted by Gasteiger charge is -2.32. The minimum Gasteiger partial charge on any atom is -0.329 e. The number of rotatable bonds is 3. The molecular weight excluding hydrogens is 236 g/mol. The largest absolute Gasteiger partial charge is 0.329 e. The number of nitrogens with two attached hydrogens (primary N) is 1. The van der Waals surface area contributed by atoms with Crippen molar-refractivity contribution in [3.63, 3.8) is 0 Å². The topological polar surface area (TPSA) is 46.3 Å². The quantitative estimate of drug-likeness (QED) is 0.908. The Labute approximate surface area is 115 Å². The van der Waals surface area contributed by atoms with Crippen molar-refractivity contribution in [1.82, 2.24) is 0 Å². The van der Waals surface area contributed by atoms with E-state index in [1.54, 1.807) is 4.90 Å². The molecule has 3 nitrogen and oxygen atoms in total. The fourth-order valence-electron chi connectivity index (χ4n) is 3.20. The Hall–Kier alpha value is -1.35. The number of aryl methyl sites for hydroxylation is 2. The maximum Gasteiger partial charge on any atom is 0.234 e. The molecule has 0 aromatic heterocycles. The van der Waals surface area contributed by atoms with Gasteiger partial charge in [-0.05, 0) is 38.3 Å². The van der Waals surface area contributed by atoms with Crippen LogP contribution in [0.4, 0.5) is 5.69 Å². The fourth-order valence-corrected chi connectivity index (χ4v) is 3.20. The molecule has 1 fully saturated rings. The average molecular weight is 260 g/mol. The summed E-state index contributed by atoms with van der Waals surface area (Å²) in [5.41, 5.74) is 8.93. The minimum absolute atomic E-state index is 0.180. The first kappa shape index (κ1) is 14.1. The van der Waals surface area contributed by atoms with Crippen molar-refractivity contribution in [2.45, 2.75) is 39.5 Å². The summed E-state index contributed by atoms with van der Waals surface area (Å²) in [5, 5.41) is 0. The maximum absolute atomic E-state index is 12.8. The van der Waals surface area contributed by atoms with Gasteiger partial charge in [-0.2, -0.15) is 0 Å². The first-order chi connectivity index (χ1) is 9.00. The Morgan fingerprint density at radius 3 is 2.47 bits per heavy atom. The molecule has 1 aromatic carbocycles. The smallest absolute Gasteiger partial charge is 0.234 e. The molecule has 0 heterocycles. The van der Waals surface area contributed by atoms with Crippen LogP contribution in [-0.2, 0) is 4.79 Å². The zero-order valence-electron chi connectivity index (χ0n) is 12.2. The molecular formula is C16H24N2O. The second kappa shape index (κ2) is 5.33. The Balaban J connectivity index is 2.28. The summed E-state index contributed by atoms with van der Waals surface area (Å²) in [4.78, 5) is 14.6. The van der Waals surface area contributed by atoms with Gasteiger partial charge in [0.15, 0.2) is 0 Å². The van der Waals surface area contributed by atoms with Crippen LogP contribution in [0.15, 0.2) is 18.2 Å². The second-order valence-electron chi connectivity index (χ2n) is 5.85. The number of hydrogen-bond donors (Lipinski definition) is 1. The predicted molar refractivity (Wildman–Crippen MR) is 79.3 cm³/mol. The van der Waals surface area contributed by atoms with E-state index in [1.807, 2.05) is 13.1 Å². The zero-order chi connectivity index (χ0) is 14.0. The SMILES string of the molecule is Cc1ccc(N(C)C(=O)C2(CN)CCCC2)c(C)c1. The highest BCUT2D eigenvalue weighted by Gasteiger charge is 2.41. The molecule has 1 aliphatic carbocycles. The summed E-state index contributed by atoms with van der Waals surface area (Å²) in [6.07, 6.45) is 4.09. The van der Waals surface area contributed by atoms with Crippen molar-refractivity contribution in [2.75, 3.05) is 18.5 Å². The highest BCUT2D eigenvalue weighted by Crippen LogP contribution is 2.39. The van der Waals surface area contributed by atoms with Gasteiger partial charge in [-0.25, -0.2) is 0 Å². The molecule has 0 bridgehead atoms. The van der Waals surface area contributed by atoms with E-state index in [4.69, 9.17) is 5.73 Å². The van der Waals surface area contributed by atoms with Gasteiger partial charge in [0.05, 0.1) is 5.41 Å². The van der Waals surface area contributed by atoms with Gasteiger partial charge in [0.25, 0.3) is 0 Å². The summed E-state index contributed by atoms with van der Waals surface area (Å²) < 4.78 is 0. The minimum atomic E-state index is -0.327. The molecule has 1 aliphatic rings. The van der Waals surface area contributed by atoms with Gasteiger partial charge in [-0.1, -0.05) is 30.5 Å². The van der Waals surface area contributed by atoms with Crippen molar-refractivity contribution >= 4 is 11.6 Å². The number of anilines is 1. The molecule has 0 saturated heterocycles. The van der Waals surface area contributed by atoms with Gasteiger partial charge in [-0.3, -0.25) is 4.79 Å². The number of hydrogen-bond acceptors (Lipinski definition) is 2. The standard InChI is InChI=1S/C16H24N2O/c1-12-6-7-14(13(2)10-12)18(3)15(19)16(11-17)8-4-5-9-16/h6-7,10H,4-5,8-9,11,17H2,1-3H3. The van der Waals surface area contributed by atoms with Crippen molar-refractivity contribution in [1.29, 1.82) is 0 Å². The molecule has 0 unspecified atom stereocenters. The molecule has 1 amide bonds. The average Bonchev–Trinajstić information content (AvgIpc) is 2.87. The van der Waals surface area contributed by atoms with E-state index >= 15 is 0 Å². The molecule has 3 heteroatoms. The highest BCUT2D eigenvalue weighted by molar-refractivity contribution is 5.98. The molecule has 0 spiro atoms. The lowest BCUT2D eigenvalue weighted by molar-refractivity contribution is -0.127. The first-order valence-corrected chi connectivity index (χ1v) is 7.06. The van der Waals surface area contributed by atoms with Crippen LogP contribution in [0.5, 0.6) is 0 Å². The lowest BCUT2D eigenvalue weighted by Crippen LogP contribution is -2.45. The number of nitrogens with zero attached hydrogens (tertiary/aromatic N) is 1. The molecule has 104 valence electrons. The molecule has 2 rings (SSSR count). The van der Waals surface area contributed by atoms with E-state index in [0.29, 0.717) is 6.54 Å². The molecule has 19 heavy (non-hydrogen) atoms. The maximum atomic E-state index is 12.8. The summed E-state index contributed by atoms with van der Waals surface area (Å²) in [6.45, 7) is 4.58. The van der Waals surface area contributed by atoms with E-state index in [1.165, 1.54) is 5.56 Å². The Morgan fingerprint density at radius 2 is 1.95 bits per heavy atom. The normalized spacial score (nSPS) is 17.5. The van der Waals surface area contributed by atoms with Crippen LogP contribution in [0.1, 0.15) is 36.8 Å². The van der Waals surface area contributed by atoms with Gasteiger partial charge in [0.1, 0.15) is 0 Å². The van der Waals surface area contributed by atoms with Crippen LogP contribution in [-0.4, -0.2) is 19.5 Å². The summed E-state index contributed by atoms with van der Waals surface area (Å²) in [6, 6.07) is 6.19. The highest BCUT2D eigenvalue weighted by atomic mass is 16.2. The summed E-state index contributed by atoms with van der Waals surface area (Å²) in [5.74, 6) is 0.180. The molecule has 0 atom stereocenters. The Bertz CT molecular complexity index is 476. The van der Waals surface area contributed by atoms with E-state index in [9.17, 15) is 4.79 Å². The molecule has 1 aromatic rings. The van der Waals surface area contributed by atoms with Gasteiger partial charge in [-0.15, -0.1) is 0 Å². The van der Waals surface area contributed by atoms with Crippen LogP contribution in [0.2, 0.25) is 0 Å². The van der Waals surface area contributed by atoms with Crippen molar-refractivity contribution in [3.8, 4) is 0 Å². The third kappa shape index (κ3) is 2.52. The fraction of sp³-hybridized carbons (Fsp3) is 0.562. The van der Waals surface area contributed by atoms with Crippen LogP contribution < -0.4 is 10.6 Å². The summed E-state index contributed by atoms with van der Waals surface area (Å²) >= 11 is 0. The number of carbonyl (C=O) groups excluding carboxylic acids is 1. The zero-order valence-corrected chi connectivity index (χ0v) is 12.2. The molecule has 2 N–H and O–H groups in total. The van der Waals surface area contributed by atoms with Crippen LogP contribution in [0.3, 0.4) is 0 Å². The first-order valence-electron chi connectivity index (χ1n) is 7.06. The van der Waals surface area contributed by atoms with E-state index < -0.39 is 0 Å². The third-order valence-corrected chi connectivity index (χ3v) is 4.42. The van der Waals surface area contributed by atoms with E-state index in [2.05, 4.69) is 26.0 Å². The van der Waals surface area contributed by atoms with Crippen molar-refractivity contribution in [2.24, 2.45) is 11.1 Å². The van der Waals surface area contributed by atoms with Gasteiger partial charge >= 0.3 is 0 Å². The lowest BCUT2D eigenvalue weighted by atomic mass is 9.84. The second-order valence-corrected chi connectivity index (χ2v) is 5.85. The van der Waals surface area contributed by atoms with E-state index in [-0.39, 0.29) is 11.3 Å². The molecule has 0 radical (unpaired) electrons. The molecule has 0 aliphatic heterocycles. The monoisotopic (exact) mass is 260 g/mol. The number of carbonyl (C=O) groups is 1. The van der Waals surface area contributed by atoms with Crippen LogP contribution in [0.25, 0.3) is 0 Å². The van der Waals surface area contributed by atoms with Crippen molar-refractivity contribution in [3.05, 3.63) is 29.3 Å². The number of amides is 1. The number of benzene rings is 1. The van der Waals surface area contributed by atoms with Crippen LogP contribution in [0, 0.1) is 19.3 Å². The van der Waals surface area contributed by atoms with E-state index in [0.717, 1.165) is 36.9 Å². The Kier molecular flexibility index (Phi) is 3.95. The summed E-state index contributed by atoms with van der Waals surface area (Å²) in [7, 11) is 1.87. The molecule has 1 saturated carbocycles. The predicted octanol–water partition coefficient (Wildman–Crippen LogP) is 2.79. The van der Waals surface area contributed by atoms with Crippen molar-refractivity contribution < 1.29 is 4.79 Å².